The topological polar surface area (TPSA) is 55.6 Å². The normalized spacial score (nSPS) is 12.8. The second-order valence-corrected chi connectivity index (χ2v) is 6.40. The smallest absolute Gasteiger partial charge is 0.185 e. The fourth-order valence-electron chi connectivity index (χ4n) is 2.43. The van der Waals surface area contributed by atoms with E-state index in [0.29, 0.717) is 0 Å². The highest BCUT2D eigenvalue weighted by Gasteiger charge is 2.14. The molecule has 0 saturated carbocycles. The molecule has 0 aliphatic rings. The van der Waals surface area contributed by atoms with Crippen LogP contribution in [0.4, 0.5) is 5.13 Å². The quantitative estimate of drug-likeness (QED) is 0.804. The number of hydrogen-bond acceptors (Lipinski definition) is 5. The Morgan fingerprint density at radius 1 is 1.38 bits per heavy atom. The molecule has 3 rings (SSSR count). The Kier molecular flexibility index (Phi) is 3.63. The Hall–Kier alpha value is -1.95. The Balaban J connectivity index is 1.75. The van der Waals surface area contributed by atoms with Gasteiger partial charge in [0, 0.05) is 31.4 Å². The number of thiazole rings is 1. The van der Waals surface area contributed by atoms with Gasteiger partial charge in [0.2, 0.25) is 0 Å². The Morgan fingerprint density at radius 2 is 2.19 bits per heavy atom. The lowest BCUT2D eigenvalue weighted by molar-refractivity contribution is 0.758. The molecule has 3 aromatic rings. The minimum Gasteiger partial charge on any atom is -0.359 e. The molecule has 0 spiro atoms. The Labute approximate surface area is 128 Å². The summed E-state index contributed by atoms with van der Waals surface area (Å²) in [6.07, 6.45) is 2.74. The third-order valence-corrected chi connectivity index (χ3v) is 4.62. The first-order valence-corrected chi connectivity index (χ1v) is 7.83. The summed E-state index contributed by atoms with van der Waals surface area (Å²) < 4.78 is 2.99. The SMILES string of the molecule is Cc1cccnc1C[C@H](C)Nc1nc2c(s1)c(C)nn2C. The first kappa shape index (κ1) is 14.0. The fraction of sp³-hybridized carbons (Fsp3) is 0.400. The zero-order valence-corrected chi connectivity index (χ0v) is 13.5. The molecule has 0 aliphatic heterocycles. The number of pyridine rings is 1. The lowest BCUT2D eigenvalue weighted by atomic mass is 10.1. The third-order valence-electron chi connectivity index (χ3n) is 3.53. The van der Waals surface area contributed by atoms with Gasteiger partial charge >= 0.3 is 0 Å². The lowest BCUT2D eigenvalue weighted by Crippen LogP contribution is -2.19. The maximum Gasteiger partial charge on any atom is 0.185 e. The molecule has 3 heterocycles. The van der Waals surface area contributed by atoms with Gasteiger partial charge in [-0.2, -0.15) is 5.10 Å². The van der Waals surface area contributed by atoms with Crippen molar-refractivity contribution in [3.63, 3.8) is 0 Å². The van der Waals surface area contributed by atoms with Gasteiger partial charge in [0.05, 0.1) is 10.4 Å². The predicted octanol–water partition coefficient (Wildman–Crippen LogP) is 3.08. The van der Waals surface area contributed by atoms with Crippen LogP contribution < -0.4 is 5.32 Å². The largest absolute Gasteiger partial charge is 0.359 e. The van der Waals surface area contributed by atoms with Crippen LogP contribution in [-0.4, -0.2) is 25.8 Å². The summed E-state index contributed by atoms with van der Waals surface area (Å²) in [4.78, 5) is 9.07. The van der Waals surface area contributed by atoms with E-state index in [1.165, 1.54) is 5.56 Å². The Morgan fingerprint density at radius 3 is 2.90 bits per heavy atom. The Bertz CT molecular complexity index is 739. The average Bonchev–Trinajstić information content (AvgIpc) is 2.95. The van der Waals surface area contributed by atoms with E-state index >= 15 is 0 Å². The van der Waals surface area contributed by atoms with Gasteiger partial charge in [-0.05, 0) is 32.4 Å². The molecular weight excluding hydrogens is 282 g/mol. The van der Waals surface area contributed by atoms with Crippen LogP contribution in [-0.2, 0) is 13.5 Å². The molecule has 0 unspecified atom stereocenters. The van der Waals surface area contributed by atoms with Crippen molar-refractivity contribution in [3.8, 4) is 0 Å². The predicted molar refractivity (Wildman–Crippen MR) is 86.9 cm³/mol. The van der Waals surface area contributed by atoms with Gasteiger partial charge in [0.25, 0.3) is 0 Å². The first-order chi connectivity index (χ1) is 10.0. The average molecular weight is 301 g/mol. The highest BCUT2D eigenvalue weighted by molar-refractivity contribution is 7.22. The molecule has 21 heavy (non-hydrogen) atoms. The monoisotopic (exact) mass is 301 g/mol. The lowest BCUT2D eigenvalue weighted by Gasteiger charge is -2.13. The van der Waals surface area contributed by atoms with Crippen LogP contribution >= 0.6 is 11.3 Å². The minimum absolute atomic E-state index is 0.285. The second-order valence-electron chi connectivity index (χ2n) is 5.40. The molecule has 0 bridgehead atoms. The first-order valence-electron chi connectivity index (χ1n) is 7.01. The van der Waals surface area contributed by atoms with Crippen molar-refractivity contribution in [2.24, 2.45) is 7.05 Å². The van der Waals surface area contributed by atoms with E-state index in [-0.39, 0.29) is 6.04 Å². The maximum absolute atomic E-state index is 4.62. The standard InChI is InChI=1S/C15H19N5S/c1-9-6-5-7-16-12(9)8-10(2)17-15-18-14-13(21-15)11(3)19-20(14)4/h5-7,10H,8H2,1-4H3,(H,17,18)/t10-/m0/s1. The summed E-state index contributed by atoms with van der Waals surface area (Å²) in [6.45, 7) is 6.28. The third kappa shape index (κ3) is 2.76. The molecule has 6 heteroatoms. The van der Waals surface area contributed by atoms with E-state index in [2.05, 4.69) is 40.3 Å². The van der Waals surface area contributed by atoms with Gasteiger partial charge in [-0.3, -0.25) is 4.98 Å². The van der Waals surface area contributed by atoms with Crippen molar-refractivity contribution in [2.45, 2.75) is 33.2 Å². The van der Waals surface area contributed by atoms with Gasteiger partial charge in [-0.15, -0.1) is 0 Å². The van der Waals surface area contributed by atoms with Crippen molar-refractivity contribution < 1.29 is 0 Å². The number of rotatable bonds is 4. The van der Waals surface area contributed by atoms with Crippen molar-refractivity contribution in [2.75, 3.05) is 5.32 Å². The number of anilines is 1. The number of nitrogens with one attached hydrogen (secondary N) is 1. The van der Waals surface area contributed by atoms with Crippen molar-refractivity contribution in [1.82, 2.24) is 19.7 Å². The van der Waals surface area contributed by atoms with Crippen molar-refractivity contribution >= 4 is 26.8 Å². The summed E-state index contributed by atoms with van der Waals surface area (Å²) >= 11 is 1.66. The van der Waals surface area contributed by atoms with Crippen molar-refractivity contribution in [3.05, 3.63) is 35.3 Å². The van der Waals surface area contributed by atoms with E-state index < -0.39 is 0 Å². The van der Waals surface area contributed by atoms with E-state index in [1.54, 1.807) is 11.3 Å². The zero-order valence-electron chi connectivity index (χ0n) is 12.7. The fourth-order valence-corrected chi connectivity index (χ4v) is 3.47. The number of aryl methyl sites for hydroxylation is 3. The van der Waals surface area contributed by atoms with Crippen LogP contribution in [0.25, 0.3) is 10.3 Å². The number of aromatic nitrogens is 4. The van der Waals surface area contributed by atoms with E-state index in [1.807, 2.05) is 30.9 Å². The van der Waals surface area contributed by atoms with Gasteiger partial charge in [-0.1, -0.05) is 17.4 Å². The minimum atomic E-state index is 0.285. The van der Waals surface area contributed by atoms with Crippen LogP contribution in [0.5, 0.6) is 0 Å². The van der Waals surface area contributed by atoms with Crippen LogP contribution in [0.1, 0.15) is 23.9 Å². The van der Waals surface area contributed by atoms with E-state index in [9.17, 15) is 0 Å². The summed E-state index contributed by atoms with van der Waals surface area (Å²) in [5.74, 6) is 0. The highest BCUT2D eigenvalue weighted by Crippen LogP contribution is 2.28. The molecule has 1 N–H and O–H groups in total. The number of hydrogen-bond donors (Lipinski definition) is 1. The molecule has 0 saturated heterocycles. The molecule has 1 atom stereocenters. The van der Waals surface area contributed by atoms with Crippen LogP contribution in [0.3, 0.4) is 0 Å². The molecule has 0 aliphatic carbocycles. The van der Waals surface area contributed by atoms with Gasteiger partial charge < -0.3 is 5.32 Å². The molecular formula is C15H19N5S. The summed E-state index contributed by atoms with van der Waals surface area (Å²) in [5.41, 5.74) is 4.35. The number of nitrogens with zero attached hydrogens (tertiary/aromatic N) is 4. The van der Waals surface area contributed by atoms with Gasteiger partial charge in [-0.25, -0.2) is 9.67 Å². The molecule has 0 fully saturated rings. The van der Waals surface area contributed by atoms with Crippen LogP contribution in [0, 0.1) is 13.8 Å². The summed E-state index contributed by atoms with van der Waals surface area (Å²) in [6, 6.07) is 4.36. The molecule has 0 radical (unpaired) electrons. The van der Waals surface area contributed by atoms with E-state index in [4.69, 9.17) is 0 Å². The zero-order chi connectivity index (χ0) is 15.0. The van der Waals surface area contributed by atoms with Crippen LogP contribution in [0.2, 0.25) is 0 Å². The second kappa shape index (κ2) is 5.44. The molecule has 3 aromatic heterocycles. The number of fused-ring (bicyclic) bond motifs is 1. The van der Waals surface area contributed by atoms with E-state index in [0.717, 1.165) is 33.3 Å². The highest BCUT2D eigenvalue weighted by atomic mass is 32.1. The molecule has 110 valence electrons. The van der Waals surface area contributed by atoms with Gasteiger partial charge in [0.1, 0.15) is 0 Å². The summed E-state index contributed by atoms with van der Waals surface area (Å²) in [5, 5.41) is 8.80. The molecule has 0 amide bonds. The molecule has 0 aromatic carbocycles. The molecule has 5 nitrogen and oxygen atoms in total. The maximum atomic E-state index is 4.62. The van der Waals surface area contributed by atoms with Crippen molar-refractivity contribution in [1.29, 1.82) is 0 Å². The summed E-state index contributed by atoms with van der Waals surface area (Å²) in [7, 11) is 1.93. The van der Waals surface area contributed by atoms with Gasteiger partial charge in [0.15, 0.2) is 10.8 Å². The van der Waals surface area contributed by atoms with Crippen LogP contribution in [0.15, 0.2) is 18.3 Å².